The van der Waals surface area contributed by atoms with Crippen molar-refractivity contribution in [2.24, 2.45) is 5.92 Å². The van der Waals surface area contributed by atoms with Gasteiger partial charge in [0.15, 0.2) is 11.6 Å². The third kappa shape index (κ3) is 4.25. The molecule has 0 bridgehead atoms. The fourth-order valence-electron chi connectivity index (χ4n) is 3.25. The Hall–Kier alpha value is -3.30. The molecule has 1 aliphatic heterocycles. The van der Waals surface area contributed by atoms with Gasteiger partial charge in [0, 0.05) is 24.6 Å². The Balaban J connectivity index is 1.40. The largest absolute Gasteiger partial charge is 0.354 e. The quantitative estimate of drug-likeness (QED) is 0.714. The molecule has 152 valence electrons. The van der Waals surface area contributed by atoms with Gasteiger partial charge in [0.25, 0.3) is 0 Å². The molecule has 3 aromatic heterocycles. The van der Waals surface area contributed by atoms with Gasteiger partial charge in [0.2, 0.25) is 11.8 Å². The number of aromatic nitrogens is 6. The van der Waals surface area contributed by atoms with Crippen LogP contribution in [0.15, 0.2) is 35.4 Å². The van der Waals surface area contributed by atoms with Gasteiger partial charge in [-0.3, -0.25) is 10.1 Å². The van der Waals surface area contributed by atoms with E-state index >= 15 is 0 Å². The minimum Gasteiger partial charge on any atom is -0.354 e. The number of piperidine rings is 1. The van der Waals surface area contributed by atoms with Crippen LogP contribution in [0.2, 0.25) is 0 Å². The van der Waals surface area contributed by atoms with Crippen LogP contribution in [0.4, 0.5) is 11.7 Å². The number of carbonyl (C=O) groups is 1. The minimum atomic E-state index is -0.163. The molecular weight excluding hydrogens is 372 g/mol. The summed E-state index contributed by atoms with van der Waals surface area (Å²) in [6.45, 7) is 7.54. The molecule has 0 spiro atoms. The first-order chi connectivity index (χ1) is 13.9. The molecular formula is C19H24N8O2. The van der Waals surface area contributed by atoms with E-state index in [4.69, 9.17) is 4.52 Å². The second kappa shape index (κ2) is 7.61. The molecule has 10 heteroatoms. The maximum Gasteiger partial charge on any atom is 0.231 e. The van der Waals surface area contributed by atoms with Crippen LogP contribution in [0.5, 0.6) is 0 Å². The van der Waals surface area contributed by atoms with Gasteiger partial charge in [-0.2, -0.15) is 5.10 Å². The number of amides is 1. The van der Waals surface area contributed by atoms with Crippen molar-refractivity contribution in [2.45, 2.75) is 39.0 Å². The first-order valence-corrected chi connectivity index (χ1v) is 9.62. The van der Waals surface area contributed by atoms with Crippen LogP contribution in [0.1, 0.15) is 39.3 Å². The highest BCUT2D eigenvalue weighted by Crippen LogP contribution is 2.26. The predicted octanol–water partition coefficient (Wildman–Crippen LogP) is 2.20. The van der Waals surface area contributed by atoms with Crippen molar-refractivity contribution < 1.29 is 9.32 Å². The molecule has 1 N–H and O–H groups in total. The molecule has 1 fully saturated rings. The second-order valence-electron chi connectivity index (χ2n) is 8.19. The maximum atomic E-state index is 12.7. The first-order valence-electron chi connectivity index (χ1n) is 9.62. The molecule has 1 atom stereocenters. The standard InChI is InChI=1S/C19H24N8O2/c1-19(2,3)14-9-17(29-25-14)22-18(28)13-5-4-8-26(10-13)15-6-7-16(24-23-15)27-12-20-11-21-27/h6-7,9,11-13H,4-5,8,10H2,1-3H3,(H,22,28). The predicted molar refractivity (Wildman–Crippen MR) is 106 cm³/mol. The summed E-state index contributed by atoms with van der Waals surface area (Å²) in [6.07, 6.45) is 4.73. The second-order valence-corrected chi connectivity index (χ2v) is 8.19. The van der Waals surface area contributed by atoms with E-state index in [1.165, 1.54) is 6.33 Å². The van der Waals surface area contributed by atoms with Gasteiger partial charge in [-0.05, 0) is 25.0 Å². The van der Waals surface area contributed by atoms with E-state index in [9.17, 15) is 4.79 Å². The number of hydrogen-bond acceptors (Lipinski definition) is 8. The summed E-state index contributed by atoms with van der Waals surface area (Å²) in [5.74, 6) is 1.48. The van der Waals surface area contributed by atoms with Crippen molar-refractivity contribution in [1.29, 1.82) is 0 Å². The van der Waals surface area contributed by atoms with E-state index in [1.54, 1.807) is 17.1 Å². The molecule has 1 saturated heterocycles. The van der Waals surface area contributed by atoms with Crippen LogP contribution < -0.4 is 10.2 Å². The van der Waals surface area contributed by atoms with Crippen LogP contribution in [0.25, 0.3) is 5.82 Å². The van der Waals surface area contributed by atoms with E-state index in [0.717, 1.165) is 30.9 Å². The minimum absolute atomic E-state index is 0.0708. The smallest absolute Gasteiger partial charge is 0.231 e. The number of carbonyl (C=O) groups excluding carboxylic acids is 1. The van der Waals surface area contributed by atoms with E-state index < -0.39 is 0 Å². The lowest BCUT2D eigenvalue weighted by Gasteiger charge is -2.32. The van der Waals surface area contributed by atoms with E-state index in [0.29, 0.717) is 18.2 Å². The topological polar surface area (TPSA) is 115 Å². The number of nitrogens with zero attached hydrogens (tertiary/aromatic N) is 7. The lowest BCUT2D eigenvalue weighted by molar-refractivity contribution is -0.120. The van der Waals surface area contributed by atoms with E-state index in [2.05, 4.69) is 35.7 Å². The third-order valence-corrected chi connectivity index (χ3v) is 4.93. The van der Waals surface area contributed by atoms with Crippen molar-refractivity contribution in [1.82, 2.24) is 30.1 Å². The van der Waals surface area contributed by atoms with Crippen LogP contribution >= 0.6 is 0 Å². The Morgan fingerprint density at radius 2 is 2.03 bits per heavy atom. The first kappa shape index (κ1) is 19.0. The molecule has 3 aromatic rings. The summed E-state index contributed by atoms with van der Waals surface area (Å²) in [7, 11) is 0. The summed E-state index contributed by atoms with van der Waals surface area (Å²) in [5, 5.41) is 19.4. The van der Waals surface area contributed by atoms with Gasteiger partial charge in [-0.1, -0.05) is 25.9 Å². The Morgan fingerprint density at radius 1 is 1.24 bits per heavy atom. The van der Waals surface area contributed by atoms with Gasteiger partial charge in [0.05, 0.1) is 11.6 Å². The van der Waals surface area contributed by atoms with Crippen molar-refractivity contribution in [3.63, 3.8) is 0 Å². The lowest BCUT2D eigenvalue weighted by Crippen LogP contribution is -2.41. The van der Waals surface area contributed by atoms with Gasteiger partial charge >= 0.3 is 0 Å². The Morgan fingerprint density at radius 3 is 2.69 bits per heavy atom. The number of rotatable bonds is 4. The maximum absolute atomic E-state index is 12.7. The molecule has 10 nitrogen and oxygen atoms in total. The summed E-state index contributed by atoms with van der Waals surface area (Å²) in [5.41, 5.74) is 0.673. The molecule has 1 aliphatic rings. The van der Waals surface area contributed by atoms with Gasteiger partial charge in [-0.15, -0.1) is 10.2 Å². The Kier molecular flexibility index (Phi) is 4.99. The highest BCUT2D eigenvalue weighted by Gasteiger charge is 2.28. The molecule has 0 radical (unpaired) electrons. The molecule has 29 heavy (non-hydrogen) atoms. The van der Waals surface area contributed by atoms with Crippen LogP contribution in [-0.2, 0) is 10.2 Å². The molecule has 4 rings (SSSR count). The molecule has 4 heterocycles. The zero-order valence-corrected chi connectivity index (χ0v) is 16.7. The Bertz CT molecular complexity index is 959. The van der Waals surface area contributed by atoms with Gasteiger partial charge < -0.3 is 9.42 Å². The average Bonchev–Trinajstić information content (AvgIpc) is 3.40. The van der Waals surface area contributed by atoms with E-state index in [1.807, 2.05) is 32.9 Å². The van der Waals surface area contributed by atoms with Gasteiger partial charge in [-0.25, -0.2) is 9.67 Å². The highest BCUT2D eigenvalue weighted by atomic mass is 16.5. The molecule has 1 amide bonds. The van der Waals surface area contributed by atoms with Crippen molar-refractivity contribution >= 4 is 17.6 Å². The summed E-state index contributed by atoms with van der Waals surface area (Å²) >= 11 is 0. The number of hydrogen-bond donors (Lipinski definition) is 1. The molecule has 0 aromatic carbocycles. The SMILES string of the molecule is CC(C)(C)c1cc(NC(=O)C2CCCN(c3ccc(-n4cncn4)nn3)C2)on1. The van der Waals surface area contributed by atoms with Crippen molar-refractivity contribution in [3.8, 4) is 5.82 Å². The van der Waals surface area contributed by atoms with Crippen LogP contribution in [-0.4, -0.2) is 49.1 Å². The molecule has 1 unspecified atom stereocenters. The number of nitrogens with one attached hydrogen (secondary N) is 1. The third-order valence-electron chi connectivity index (χ3n) is 4.93. The van der Waals surface area contributed by atoms with Crippen LogP contribution in [0, 0.1) is 5.92 Å². The molecule has 0 saturated carbocycles. The normalized spacial score (nSPS) is 17.3. The summed E-state index contributed by atoms with van der Waals surface area (Å²) in [4.78, 5) is 18.7. The number of anilines is 2. The van der Waals surface area contributed by atoms with Crippen molar-refractivity contribution in [3.05, 3.63) is 36.5 Å². The zero-order chi connectivity index (χ0) is 20.4. The van der Waals surface area contributed by atoms with Gasteiger partial charge in [0.1, 0.15) is 12.7 Å². The fraction of sp³-hybridized carbons (Fsp3) is 0.474. The monoisotopic (exact) mass is 396 g/mol. The van der Waals surface area contributed by atoms with E-state index in [-0.39, 0.29) is 17.2 Å². The van der Waals surface area contributed by atoms with Crippen molar-refractivity contribution in [2.75, 3.05) is 23.3 Å². The van der Waals surface area contributed by atoms with Crippen LogP contribution in [0.3, 0.4) is 0 Å². The lowest BCUT2D eigenvalue weighted by atomic mass is 9.92. The highest BCUT2D eigenvalue weighted by molar-refractivity contribution is 5.91. The summed E-state index contributed by atoms with van der Waals surface area (Å²) in [6, 6.07) is 5.51. The fourth-order valence-corrected chi connectivity index (χ4v) is 3.25. The average molecular weight is 396 g/mol. The summed E-state index contributed by atoms with van der Waals surface area (Å²) < 4.78 is 6.83. The molecule has 0 aliphatic carbocycles. The Labute approximate surface area is 168 Å². The zero-order valence-electron chi connectivity index (χ0n) is 16.7.